The normalized spacial score (nSPS) is 16.3. The van der Waals surface area contributed by atoms with Crippen LogP contribution in [0.15, 0.2) is 261 Å². The first-order valence-electron chi connectivity index (χ1n) is 26.8. The van der Waals surface area contributed by atoms with E-state index in [-0.39, 0.29) is 5.41 Å². The van der Waals surface area contributed by atoms with Gasteiger partial charge in [-0.05, 0) is 145 Å². The van der Waals surface area contributed by atoms with Crippen LogP contribution in [0.1, 0.15) is 89.5 Å². The zero-order chi connectivity index (χ0) is 49.2. The maximum Gasteiger partial charge on any atom is 0.0713 e. The minimum atomic E-state index is -0.471. The van der Waals surface area contributed by atoms with Crippen molar-refractivity contribution in [2.24, 2.45) is 0 Å². The Morgan fingerprint density at radius 1 is 0.365 bits per heavy atom. The molecule has 1 unspecified atom stereocenters. The highest BCUT2D eigenvalue weighted by Crippen LogP contribution is 2.59. The van der Waals surface area contributed by atoms with Gasteiger partial charge in [-0.25, -0.2) is 0 Å². The Labute approximate surface area is 436 Å². The van der Waals surface area contributed by atoms with E-state index in [0.29, 0.717) is 5.92 Å². The zero-order valence-corrected chi connectivity index (χ0v) is 41.9. The SMILES string of the molecule is CC1(c2ccccc2)c2ccccc2-c2c(N(c3ccc(-c4ccc5c(c4)C(c4ccccc4)(c4ccccc4)c4ccccc4-5)cc3)c3ccccc3-c3cccc4cccc(C5CCCCC5)c34)cccc21. The van der Waals surface area contributed by atoms with Gasteiger partial charge in [-0.3, -0.25) is 0 Å². The van der Waals surface area contributed by atoms with Crippen LogP contribution in [0.5, 0.6) is 0 Å². The topological polar surface area (TPSA) is 3.24 Å². The molecule has 14 rings (SSSR count). The van der Waals surface area contributed by atoms with Crippen molar-refractivity contribution in [3.63, 3.8) is 0 Å². The summed E-state index contributed by atoms with van der Waals surface area (Å²) in [6, 6.07) is 98.3. The second-order valence-electron chi connectivity index (χ2n) is 21.0. The Morgan fingerprint density at radius 2 is 0.892 bits per heavy atom. The van der Waals surface area contributed by atoms with Crippen LogP contribution in [0.25, 0.3) is 55.3 Å². The van der Waals surface area contributed by atoms with Crippen LogP contribution in [0, 0.1) is 0 Å². The summed E-state index contributed by atoms with van der Waals surface area (Å²) in [7, 11) is 0. The number of fused-ring (bicyclic) bond motifs is 7. The summed E-state index contributed by atoms with van der Waals surface area (Å²) in [5, 5.41) is 2.70. The van der Waals surface area contributed by atoms with E-state index in [1.54, 1.807) is 0 Å². The molecule has 0 saturated heterocycles. The number of benzene rings is 11. The van der Waals surface area contributed by atoms with Gasteiger partial charge in [0.15, 0.2) is 0 Å². The van der Waals surface area contributed by atoms with Crippen molar-refractivity contribution in [2.45, 2.75) is 55.8 Å². The van der Waals surface area contributed by atoms with E-state index in [9.17, 15) is 0 Å². The Morgan fingerprint density at radius 3 is 1.61 bits per heavy atom. The van der Waals surface area contributed by atoms with Crippen molar-refractivity contribution in [1.29, 1.82) is 0 Å². The largest absolute Gasteiger partial charge is 0.309 e. The second kappa shape index (κ2) is 17.9. The summed E-state index contributed by atoms with van der Waals surface area (Å²) in [6.45, 7) is 2.42. The van der Waals surface area contributed by atoms with E-state index in [0.717, 1.165) is 11.4 Å². The molecule has 11 aromatic carbocycles. The van der Waals surface area contributed by atoms with Crippen LogP contribution >= 0.6 is 0 Å². The lowest BCUT2D eigenvalue weighted by Gasteiger charge is -2.34. The van der Waals surface area contributed by atoms with Crippen LogP contribution in [0.3, 0.4) is 0 Å². The Bertz CT molecular complexity index is 3840. The highest BCUT2D eigenvalue weighted by molar-refractivity contribution is 6.05. The molecule has 0 radical (unpaired) electrons. The number of hydrogen-bond acceptors (Lipinski definition) is 1. The minimum absolute atomic E-state index is 0.343. The van der Waals surface area contributed by atoms with Crippen molar-refractivity contribution in [2.75, 3.05) is 4.90 Å². The third-order valence-electron chi connectivity index (χ3n) is 17.2. The predicted octanol–water partition coefficient (Wildman–Crippen LogP) is 19.4. The van der Waals surface area contributed by atoms with Crippen LogP contribution in [-0.2, 0) is 10.8 Å². The van der Waals surface area contributed by atoms with Crippen molar-refractivity contribution in [1.82, 2.24) is 0 Å². The number of para-hydroxylation sites is 1. The van der Waals surface area contributed by atoms with Gasteiger partial charge in [-0.2, -0.15) is 0 Å². The van der Waals surface area contributed by atoms with E-state index in [2.05, 4.69) is 273 Å². The maximum absolute atomic E-state index is 2.57. The average Bonchev–Trinajstić information content (AvgIpc) is 4.01. The molecule has 1 saturated carbocycles. The van der Waals surface area contributed by atoms with Gasteiger partial charge in [-0.1, -0.05) is 250 Å². The fourth-order valence-electron chi connectivity index (χ4n) is 13.9. The lowest BCUT2D eigenvalue weighted by molar-refractivity contribution is 0.445. The Balaban J connectivity index is 0.973. The molecule has 3 aliphatic rings. The molecule has 0 aliphatic heterocycles. The lowest BCUT2D eigenvalue weighted by atomic mass is 9.67. The Hall–Kier alpha value is -8.52. The minimum Gasteiger partial charge on any atom is -0.309 e. The molecule has 11 aromatic rings. The molecule has 0 heterocycles. The molecule has 1 atom stereocenters. The van der Waals surface area contributed by atoms with Gasteiger partial charge < -0.3 is 4.90 Å². The lowest BCUT2D eigenvalue weighted by Crippen LogP contribution is -2.28. The van der Waals surface area contributed by atoms with Gasteiger partial charge in [0, 0.05) is 22.2 Å². The average molecular weight is 948 g/mol. The molecule has 354 valence electrons. The van der Waals surface area contributed by atoms with E-state index < -0.39 is 5.41 Å². The number of nitrogens with zero attached hydrogens (tertiary/aromatic N) is 1. The summed E-state index contributed by atoms with van der Waals surface area (Å²) in [6.07, 6.45) is 6.43. The zero-order valence-electron chi connectivity index (χ0n) is 41.9. The first-order valence-corrected chi connectivity index (χ1v) is 26.8. The van der Waals surface area contributed by atoms with Gasteiger partial charge in [0.2, 0.25) is 0 Å². The van der Waals surface area contributed by atoms with Gasteiger partial charge >= 0.3 is 0 Å². The summed E-state index contributed by atoms with van der Waals surface area (Å²) >= 11 is 0. The number of rotatable bonds is 9. The summed E-state index contributed by atoms with van der Waals surface area (Å²) in [4.78, 5) is 2.57. The number of anilines is 3. The smallest absolute Gasteiger partial charge is 0.0713 e. The number of hydrogen-bond donors (Lipinski definition) is 0. The molecule has 0 spiro atoms. The summed E-state index contributed by atoms with van der Waals surface area (Å²) in [5.41, 5.74) is 23.3. The quantitative estimate of drug-likeness (QED) is 0.139. The van der Waals surface area contributed by atoms with Crippen LogP contribution < -0.4 is 4.90 Å². The molecule has 0 aromatic heterocycles. The highest BCUT2D eigenvalue weighted by Gasteiger charge is 2.46. The van der Waals surface area contributed by atoms with Crippen molar-refractivity contribution < 1.29 is 0 Å². The van der Waals surface area contributed by atoms with Gasteiger partial charge in [0.05, 0.1) is 16.8 Å². The summed E-state index contributed by atoms with van der Waals surface area (Å²) < 4.78 is 0. The Kier molecular flexibility index (Phi) is 10.7. The molecule has 1 nitrogen and oxygen atoms in total. The van der Waals surface area contributed by atoms with Crippen LogP contribution in [0.4, 0.5) is 17.1 Å². The molecule has 0 N–H and O–H groups in total. The maximum atomic E-state index is 2.57. The fourth-order valence-corrected chi connectivity index (χ4v) is 13.9. The first kappa shape index (κ1) is 44.2. The van der Waals surface area contributed by atoms with Crippen LogP contribution in [0.2, 0.25) is 0 Å². The van der Waals surface area contributed by atoms with E-state index in [4.69, 9.17) is 0 Å². The molecule has 3 aliphatic carbocycles. The van der Waals surface area contributed by atoms with Crippen molar-refractivity contribution in [3.8, 4) is 44.5 Å². The van der Waals surface area contributed by atoms with Crippen molar-refractivity contribution in [3.05, 3.63) is 305 Å². The van der Waals surface area contributed by atoms with E-state index in [1.807, 2.05) is 0 Å². The van der Waals surface area contributed by atoms with Gasteiger partial charge in [0.25, 0.3) is 0 Å². The molecule has 1 heteroatoms. The van der Waals surface area contributed by atoms with E-state index in [1.165, 1.54) is 138 Å². The second-order valence-corrected chi connectivity index (χ2v) is 21.0. The first-order chi connectivity index (χ1) is 36.6. The molecule has 1 fully saturated rings. The summed E-state index contributed by atoms with van der Waals surface area (Å²) in [5.74, 6) is 0.563. The third-order valence-corrected chi connectivity index (χ3v) is 17.2. The van der Waals surface area contributed by atoms with Gasteiger partial charge in [0.1, 0.15) is 0 Å². The van der Waals surface area contributed by atoms with E-state index >= 15 is 0 Å². The third kappa shape index (κ3) is 6.76. The molecule has 0 amide bonds. The predicted molar refractivity (Wildman–Crippen MR) is 310 cm³/mol. The molecule has 0 bridgehead atoms. The van der Waals surface area contributed by atoms with Gasteiger partial charge in [-0.15, -0.1) is 0 Å². The fraction of sp³-hybridized carbons (Fsp3) is 0.123. The standard InChI is InChI=1S/C73H57N/c1-72(54-27-8-3-9-28-54)64-38-17-15-35-63(64)71-66(72)40-22-42-69(71)74(68-41-19-16-34-61(68)62-37-21-26-52-25-20-36-58(70(52)62)51-23-6-2-7-24-51)57-46-43-50(44-47-57)53-45-48-60-59-33-14-18-39-65(59)73(67(60)49-53,55-29-10-4-11-30-55)56-31-12-5-13-32-56/h3-5,8-22,25-49,51H,2,6-7,23-24H2,1H3. The van der Waals surface area contributed by atoms with Crippen LogP contribution in [-0.4, -0.2) is 0 Å². The molecule has 74 heavy (non-hydrogen) atoms. The van der Waals surface area contributed by atoms with Crippen molar-refractivity contribution >= 4 is 27.8 Å². The monoisotopic (exact) mass is 947 g/mol. The highest BCUT2D eigenvalue weighted by atomic mass is 15.1. The molecular weight excluding hydrogens is 891 g/mol. The molecular formula is C73H57N.